The van der Waals surface area contributed by atoms with Gasteiger partial charge in [-0.25, -0.2) is 13.2 Å². The first kappa shape index (κ1) is 24.6. The van der Waals surface area contributed by atoms with Gasteiger partial charge in [0.15, 0.2) is 6.61 Å². The first-order valence-electron chi connectivity index (χ1n) is 11.4. The number of rotatable bonds is 8. The number of carboxylic acids is 1. The van der Waals surface area contributed by atoms with Crippen LogP contribution < -0.4 is 13.8 Å². The van der Waals surface area contributed by atoms with Crippen LogP contribution in [0.3, 0.4) is 0 Å². The molecule has 0 unspecified atom stereocenters. The summed E-state index contributed by atoms with van der Waals surface area (Å²) in [6.45, 7) is 8.11. The summed E-state index contributed by atoms with van der Waals surface area (Å²) in [7, 11) is -3.84. The molecular formula is C27H29NO6S. The van der Waals surface area contributed by atoms with E-state index in [4.69, 9.17) is 14.6 Å². The van der Waals surface area contributed by atoms with Crippen LogP contribution in [0.25, 0.3) is 11.1 Å². The van der Waals surface area contributed by atoms with Crippen LogP contribution in [0.5, 0.6) is 11.5 Å². The fourth-order valence-electron chi connectivity index (χ4n) is 4.36. The highest BCUT2D eigenvalue weighted by atomic mass is 32.2. The number of ether oxygens (including phenoxy) is 2. The van der Waals surface area contributed by atoms with Gasteiger partial charge in [-0.05, 0) is 78.6 Å². The molecule has 0 amide bonds. The molecule has 0 saturated carbocycles. The van der Waals surface area contributed by atoms with Crippen molar-refractivity contribution in [1.82, 2.24) is 0 Å². The zero-order valence-corrected chi connectivity index (χ0v) is 21.1. The fraction of sp³-hybridized carbons (Fsp3) is 0.296. The molecule has 0 bridgehead atoms. The molecule has 1 aliphatic rings. The van der Waals surface area contributed by atoms with Crippen LogP contribution in [0.2, 0.25) is 0 Å². The fourth-order valence-corrected chi connectivity index (χ4v) is 6.09. The van der Waals surface area contributed by atoms with Crippen LogP contribution in [0.15, 0.2) is 65.6 Å². The van der Waals surface area contributed by atoms with Gasteiger partial charge in [0.1, 0.15) is 11.5 Å². The van der Waals surface area contributed by atoms with E-state index in [1.807, 2.05) is 57.2 Å². The Bertz CT molecular complexity index is 1380. The number of benzene rings is 3. The number of sulfonamides is 1. The van der Waals surface area contributed by atoms with Crippen LogP contribution >= 0.6 is 0 Å². The Labute approximate surface area is 206 Å². The van der Waals surface area contributed by atoms with Gasteiger partial charge in [0.2, 0.25) is 0 Å². The molecule has 0 spiro atoms. The molecule has 4 rings (SSSR count). The van der Waals surface area contributed by atoms with Crippen molar-refractivity contribution in [3.8, 4) is 22.6 Å². The van der Waals surface area contributed by atoms with Crippen molar-refractivity contribution in [3.05, 3.63) is 71.8 Å². The zero-order valence-electron chi connectivity index (χ0n) is 20.2. The van der Waals surface area contributed by atoms with Gasteiger partial charge in [-0.15, -0.1) is 0 Å². The number of anilines is 1. The van der Waals surface area contributed by atoms with Gasteiger partial charge in [0, 0.05) is 12.0 Å². The molecule has 8 heteroatoms. The van der Waals surface area contributed by atoms with Crippen molar-refractivity contribution in [3.63, 3.8) is 0 Å². The van der Waals surface area contributed by atoms with E-state index in [0.717, 1.165) is 22.4 Å². The Morgan fingerprint density at radius 3 is 2.46 bits per heavy atom. The molecule has 184 valence electrons. The lowest BCUT2D eigenvalue weighted by Gasteiger charge is -2.22. The van der Waals surface area contributed by atoms with Crippen molar-refractivity contribution < 1.29 is 27.8 Å². The predicted octanol–water partition coefficient (Wildman–Crippen LogP) is 5.01. The molecule has 0 atom stereocenters. The molecule has 7 nitrogen and oxygen atoms in total. The third-order valence-corrected chi connectivity index (χ3v) is 7.85. The highest BCUT2D eigenvalue weighted by molar-refractivity contribution is 7.92. The first-order valence-corrected chi connectivity index (χ1v) is 12.8. The van der Waals surface area contributed by atoms with Gasteiger partial charge in [0.25, 0.3) is 10.0 Å². The maximum Gasteiger partial charge on any atom is 0.341 e. The predicted molar refractivity (Wildman–Crippen MR) is 135 cm³/mol. The third kappa shape index (κ3) is 4.84. The minimum absolute atomic E-state index is 0.134. The van der Waals surface area contributed by atoms with Gasteiger partial charge in [-0.3, -0.25) is 4.31 Å². The lowest BCUT2D eigenvalue weighted by molar-refractivity contribution is -0.139. The maximum absolute atomic E-state index is 13.7. The number of carboxylic acid groups (broad SMARTS) is 1. The summed E-state index contributed by atoms with van der Waals surface area (Å²) >= 11 is 0. The minimum Gasteiger partial charge on any atom is -0.494 e. The Hall–Kier alpha value is -3.52. The summed E-state index contributed by atoms with van der Waals surface area (Å²) in [5.41, 5.74) is 3.77. The molecule has 1 heterocycles. The van der Waals surface area contributed by atoms with Gasteiger partial charge in [0.05, 0.1) is 17.2 Å². The second-order valence-electron chi connectivity index (χ2n) is 9.20. The summed E-state index contributed by atoms with van der Waals surface area (Å²) in [5.74, 6) is 0.0357. The Balaban J connectivity index is 1.69. The maximum atomic E-state index is 13.7. The third-order valence-electron chi connectivity index (χ3n) is 6.10. The van der Waals surface area contributed by atoms with Crippen molar-refractivity contribution in [1.29, 1.82) is 0 Å². The van der Waals surface area contributed by atoms with Crippen molar-refractivity contribution in [2.45, 2.75) is 38.0 Å². The number of fused-ring (bicyclic) bond motifs is 1. The van der Waals surface area contributed by atoms with Gasteiger partial charge in [-0.1, -0.05) is 32.0 Å². The Kier molecular flexibility index (Phi) is 6.51. The summed E-state index contributed by atoms with van der Waals surface area (Å²) < 4.78 is 39.6. The Morgan fingerprint density at radius 1 is 1.03 bits per heavy atom. The molecular weight excluding hydrogens is 466 g/mol. The van der Waals surface area contributed by atoms with E-state index in [-0.39, 0.29) is 4.90 Å². The SMILES string of the molecule is CCOc1cccc(-c2ccc3c(c2)C(C)(C)CN3S(=O)(=O)c2ccc(OCC(=O)O)c(C)c2)c1. The van der Waals surface area contributed by atoms with Gasteiger partial charge in [-0.2, -0.15) is 0 Å². The molecule has 1 aliphatic heterocycles. The average Bonchev–Trinajstić information content (AvgIpc) is 3.09. The first-order chi connectivity index (χ1) is 16.5. The number of aryl methyl sites for hydroxylation is 1. The highest BCUT2D eigenvalue weighted by Gasteiger charge is 2.41. The number of hydrogen-bond acceptors (Lipinski definition) is 5. The number of hydrogen-bond donors (Lipinski definition) is 1. The van der Waals surface area contributed by atoms with Crippen LogP contribution in [-0.4, -0.2) is 39.3 Å². The quantitative estimate of drug-likeness (QED) is 0.472. The van der Waals surface area contributed by atoms with Gasteiger partial charge >= 0.3 is 5.97 Å². The van der Waals surface area contributed by atoms with Crippen molar-refractivity contribution in [2.75, 3.05) is 24.1 Å². The van der Waals surface area contributed by atoms with E-state index >= 15 is 0 Å². The van der Waals surface area contributed by atoms with E-state index in [2.05, 4.69) is 6.07 Å². The van der Waals surface area contributed by atoms with Crippen LogP contribution in [-0.2, 0) is 20.2 Å². The van der Waals surface area contributed by atoms with Gasteiger partial charge < -0.3 is 14.6 Å². The molecule has 0 fully saturated rings. The van der Waals surface area contributed by atoms with E-state index in [9.17, 15) is 13.2 Å². The van der Waals surface area contributed by atoms with E-state index < -0.39 is 28.0 Å². The molecule has 0 saturated heterocycles. The smallest absolute Gasteiger partial charge is 0.341 e. The Morgan fingerprint density at radius 2 is 1.77 bits per heavy atom. The zero-order chi connectivity index (χ0) is 25.4. The van der Waals surface area contributed by atoms with Crippen LogP contribution in [0.1, 0.15) is 31.9 Å². The largest absolute Gasteiger partial charge is 0.494 e. The molecule has 1 N–H and O–H groups in total. The normalized spacial score (nSPS) is 14.5. The van der Waals surface area contributed by atoms with Crippen molar-refractivity contribution >= 4 is 21.7 Å². The van der Waals surface area contributed by atoms with Crippen molar-refractivity contribution in [2.24, 2.45) is 0 Å². The molecule has 35 heavy (non-hydrogen) atoms. The summed E-state index contributed by atoms with van der Waals surface area (Å²) in [6, 6.07) is 18.2. The number of aliphatic carboxylic acids is 1. The lowest BCUT2D eigenvalue weighted by Crippen LogP contribution is -2.34. The van der Waals surface area contributed by atoms with E-state index in [1.54, 1.807) is 6.92 Å². The molecule has 0 aromatic heterocycles. The minimum atomic E-state index is -3.84. The highest BCUT2D eigenvalue weighted by Crippen LogP contribution is 2.45. The van der Waals surface area contributed by atoms with Crippen LogP contribution in [0, 0.1) is 6.92 Å². The molecule has 0 aliphatic carbocycles. The monoisotopic (exact) mass is 495 g/mol. The summed E-state index contributed by atoms with van der Waals surface area (Å²) in [5, 5.41) is 8.83. The standard InChI is InChI=1S/C27H29NO6S/c1-5-33-21-8-6-7-19(14-21)20-9-11-24-23(15-20)27(3,4)17-28(24)35(31,32)22-10-12-25(18(2)13-22)34-16-26(29)30/h6-15H,5,16-17H2,1-4H3,(H,29,30). The second kappa shape index (κ2) is 9.26. The molecule has 3 aromatic rings. The lowest BCUT2D eigenvalue weighted by atomic mass is 9.85. The van der Waals surface area contributed by atoms with Crippen LogP contribution in [0.4, 0.5) is 5.69 Å². The molecule has 0 radical (unpaired) electrons. The van der Waals surface area contributed by atoms with E-state index in [0.29, 0.717) is 30.2 Å². The summed E-state index contributed by atoms with van der Waals surface area (Å²) in [6.07, 6.45) is 0. The van der Waals surface area contributed by atoms with E-state index in [1.165, 1.54) is 22.5 Å². The second-order valence-corrected chi connectivity index (χ2v) is 11.1. The molecule has 3 aromatic carbocycles. The topological polar surface area (TPSA) is 93.1 Å². The number of nitrogens with zero attached hydrogens (tertiary/aromatic N) is 1. The number of carbonyl (C=O) groups is 1. The average molecular weight is 496 g/mol. The summed E-state index contributed by atoms with van der Waals surface area (Å²) in [4.78, 5) is 10.9.